The summed E-state index contributed by atoms with van der Waals surface area (Å²) in [5.74, 6) is 0.550. The van der Waals surface area contributed by atoms with Crippen LogP contribution in [-0.4, -0.2) is 53.0 Å². The molecule has 1 aromatic heterocycles. The number of amides is 1. The number of aromatic nitrogens is 2. The number of hydrogen-bond donors (Lipinski definition) is 3. The molecule has 122 valence electrons. The fourth-order valence-corrected chi connectivity index (χ4v) is 3.02. The molecule has 4 N–H and O–H groups in total. The molecule has 1 aliphatic heterocycles. The average Bonchev–Trinajstić information content (AvgIpc) is 2.86. The maximum Gasteiger partial charge on any atom is 0.258 e. The van der Waals surface area contributed by atoms with Gasteiger partial charge < -0.3 is 16.0 Å². The van der Waals surface area contributed by atoms with Gasteiger partial charge in [0.2, 0.25) is 5.91 Å². The molecule has 7 heteroatoms. The molecule has 1 aliphatic rings. The molecule has 0 saturated carbocycles. The average molecular weight is 315 g/mol. The Morgan fingerprint density at radius 3 is 3.00 bits per heavy atom. The largest absolute Gasteiger partial charge is 0.354 e. The maximum absolute atomic E-state index is 12.2. The van der Waals surface area contributed by atoms with Crippen molar-refractivity contribution >= 4 is 16.8 Å². The number of likely N-dealkylation sites (N-methyl/N-ethyl adjacent to an activating group) is 1. The molecular weight excluding hydrogens is 294 g/mol. The van der Waals surface area contributed by atoms with E-state index in [1.165, 1.54) is 0 Å². The number of nitrogens with one attached hydrogen (secondary N) is 2. The lowest BCUT2D eigenvalue weighted by molar-refractivity contribution is -0.125. The number of para-hydroxylation sites is 1. The number of nitrogens with zero attached hydrogens (tertiary/aromatic N) is 2. The summed E-state index contributed by atoms with van der Waals surface area (Å²) in [5.41, 5.74) is 6.38. The third-order valence-electron chi connectivity index (χ3n) is 4.21. The topological polar surface area (TPSA) is 104 Å². The van der Waals surface area contributed by atoms with Gasteiger partial charge in [-0.3, -0.25) is 14.5 Å². The minimum Gasteiger partial charge on any atom is -0.354 e. The number of aromatic amines is 1. The number of rotatable bonds is 4. The first kappa shape index (κ1) is 15.6. The first-order valence-electron chi connectivity index (χ1n) is 7.76. The van der Waals surface area contributed by atoms with E-state index in [2.05, 4.69) is 15.3 Å². The number of fused-ring (bicyclic) bond motifs is 1. The molecule has 7 nitrogen and oxygen atoms in total. The monoisotopic (exact) mass is 315 g/mol. The lowest BCUT2D eigenvalue weighted by Crippen LogP contribution is -2.42. The Bertz CT molecular complexity index is 772. The van der Waals surface area contributed by atoms with E-state index in [9.17, 15) is 9.59 Å². The van der Waals surface area contributed by atoms with E-state index in [-0.39, 0.29) is 23.6 Å². The van der Waals surface area contributed by atoms with Crippen LogP contribution in [0.1, 0.15) is 12.2 Å². The minimum absolute atomic E-state index is 0.0245. The normalized spacial score (nSPS) is 21.7. The second kappa shape index (κ2) is 6.47. The molecule has 0 bridgehead atoms. The Kier molecular flexibility index (Phi) is 4.40. The minimum atomic E-state index is -0.173. The van der Waals surface area contributed by atoms with E-state index >= 15 is 0 Å². The van der Waals surface area contributed by atoms with E-state index in [4.69, 9.17) is 5.73 Å². The first-order valence-corrected chi connectivity index (χ1v) is 7.76. The molecule has 1 saturated heterocycles. The highest BCUT2D eigenvalue weighted by Gasteiger charge is 2.32. The SMILES string of the molecule is CN1C[C@@H](N)C[C@H]1C(=O)NCCc1nc2ccccc2c(=O)[nH]1. The predicted molar refractivity (Wildman–Crippen MR) is 88.1 cm³/mol. The molecule has 2 aromatic rings. The zero-order valence-corrected chi connectivity index (χ0v) is 13.1. The maximum atomic E-state index is 12.2. The zero-order chi connectivity index (χ0) is 16.4. The van der Waals surface area contributed by atoms with Crippen molar-refractivity contribution in [3.63, 3.8) is 0 Å². The molecule has 2 atom stereocenters. The van der Waals surface area contributed by atoms with Crippen LogP contribution in [0.4, 0.5) is 0 Å². The summed E-state index contributed by atoms with van der Waals surface area (Å²) in [6.07, 6.45) is 1.15. The van der Waals surface area contributed by atoms with Gasteiger partial charge in [0, 0.05) is 25.6 Å². The summed E-state index contributed by atoms with van der Waals surface area (Å²) >= 11 is 0. The molecule has 1 aromatic carbocycles. The van der Waals surface area contributed by atoms with Crippen molar-refractivity contribution in [2.24, 2.45) is 5.73 Å². The molecular formula is C16H21N5O2. The van der Waals surface area contributed by atoms with Crippen molar-refractivity contribution in [3.8, 4) is 0 Å². The third kappa shape index (κ3) is 3.40. The Morgan fingerprint density at radius 1 is 1.48 bits per heavy atom. The Balaban J connectivity index is 1.61. The molecule has 0 radical (unpaired) electrons. The molecule has 2 heterocycles. The van der Waals surface area contributed by atoms with Gasteiger partial charge in [0.15, 0.2) is 0 Å². The van der Waals surface area contributed by atoms with Gasteiger partial charge in [-0.2, -0.15) is 0 Å². The summed E-state index contributed by atoms with van der Waals surface area (Å²) in [6, 6.07) is 7.08. The van der Waals surface area contributed by atoms with Gasteiger partial charge >= 0.3 is 0 Å². The number of carbonyl (C=O) groups excluding carboxylic acids is 1. The quantitative estimate of drug-likeness (QED) is 0.713. The highest BCUT2D eigenvalue weighted by molar-refractivity contribution is 5.82. The standard InChI is InChI=1S/C16H21N5O2/c1-21-9-10(17)8-13(21)16(23)18-7-6-14-19-12-5-3-2-4-11(12)15(22)20-14/h2-5,10,13H,6-9,17H2,1H3,(H,18,23)(H,19,20,22)/t10-,13-/m0/s1. The number of H-pyrrole nitrogens is 1. The second-order valence-corrected chi connectivity index (χ2v) is 6.02. The molecule has 0 spiro atoms. The molecule has 1 amide bonds. The van der Waals surface area contributed by atoms with Gasteiger partial charge in [-0.1, -0.05) is 12.1 Å². The Hall–Kier alpha value is -2.25. The van der Waals surface area contributed by atoms with Crippen LogP contribution in [-0.2, 0) is 11.2 Å². The van der Waals surface area contributed by atoms with Crippen molar-refractivity contribution in [2.45, 2.75) is 24.9 Å². The third-order valence-corrected chi connectivity index (χ3v) is 4.21. The van der Waals surface area contributed by atoms with E-state index in [0.29, 0.717) is 36.1 Å². The molecule has 0 aliphatic carbocycles. The fourth-order valence-electron chi connectivity index (χ4n) is 3.02. The smallest absolute Gasteiger partial charge is 0.258 e. The number of hydrogen-bond acceptors (Lipinski definition) is 5. The summed E-state index contributed by atoms with van der Waals surface area (Å²) in [4.78, 5) is 33.3. The van der Waals surface area contributed by atoms with Crippen molar-refractivity contribution in [1.82, 2.24) is 20.2 Å². The van der Waals surface area contributed by atoms with Crippen molar-refractivity contribution in [3.05, 3.63) is 40.4 Å². The van der Waals surface area contributed by atoms with Gasteiger partial charge in [0.1, 0.15) is 5.82 Å². The number of benzene rings is 1. The molecule has 23 heavy (non-hydrogen) atoms. The van der Waals surface area contributed by atoms with Gasteiger partial charge in [-0.05, 0) is 25.6 Å². The predicted octanol–water partition coefficient (Wildman–Crippen LogP) is -0.387. The van der Waals surface area contributed by atoms with Crippen LogP contribution in [0.3, 0.4) is 0 Å². The number of likely N-dealkylation sites (tertiary alicyclic amines) is 1. The van der Waals surface area contributed by atoms with Crippen LogP contribution >= 0.6 is 0 Å². The molecule has 3 rings (SSSR count). The van der Waals surface area contributed by atoms with E-state index in [0.717, 1.165) is 6.54 Å². The lowest BCUT2D eigenvalue weighted by Gasteiger charge is -2.18. The van der Waals surface area contributed by atoms with Crippen LogP contribution in [0.25, 0.3) is 10.9 Å². The molecule has 1 fully saturated rings. The van der Waals surface area contributed by atoms with E-state index in [1.54, 1.807) is 6.07 Å². The Morgan fingerprint density at radius 2 is 2.26 bits per heavy atom. The summed E-state index contributed by atoms with van der Waals surface area (Å²) < 4.78 is 0. The Labute approximate surface area is 133 Å². The van der Waals surface area contributed by atoms with Gasteiger partial charge in [0.05, 0.1) is 16.9 Å². The second-order valence-electron chi connectivity index (χ2n) is 6.02. The van der Waals surface area contributed by atoms with Crippen LogP contribution in [0.15, 0.2) is 29.1 Å². The lowest BCUT2D eigenvalue weighted by atomic mass is 10.1. The number of carbonyl (C=O) groups is 1. The van der Waals surface area contributed by atoms with Crippen LogP contribution in [0.2, 0.25) is 0 Å². The van der Waals surface area contributed by atoms with Gasteiger partial charge in [-0.25, -0.2) is 4.98 Å². The van der Waals surface area contributed by atoms with Crippen molar-refractivity contribution in [2.75, 3.05) is 20.1 Å². The van der Waals surface area contributed by atoms with Crippen LogP contribution in [0, 0.1) is 0 Å². The zero-order valence-electron chi connectivity index (χ0n) is 13.1. The highest BCUT2D eigenvalue weighted by Crippen LogP contribution is 2.14. The van der Waals surface area contributed by atoms with Gasteiger partial charge in [-0.15, -0.1) is 0 Å². The highest BCUT2D eigenvalue weighted by atomic mass is 16.2. The summed E-state index contributed by atoms with van der Waals surface area (Å²) in [5, 5.41) is 3.46. The summed E-state index contributed by atoms with van der Waals surface area (Å²) in [7, 11) is 1.90. The number of nitrogens with two attached hydrogens (primary N) is 1. The van der Waals surface area contributed by atoms with Crippen LogP contribution in [0.5, 0.6) is 0 Å². The fraction of sp³-hybridized carbons (Fsp3) is 0.438. The first-order chi connectivity index (χ1) is 11.0. The summed E-state index contributed by atoms with van der Waals surface area (Å²) in [6.45, 7) is 1.16. The van der Waals surface area contributed by atoms with Crippen LogP contribution < -0.4 is 16.6 Å². The van der Waals surface area contributed by atoms with Crippen molar-refractivity contribution < 1.29 is 4.79 Å². The van der Waals surface area contributed by atoms with E-state index in [1.807, 2.05) is 30.1 Å². The molecule has 0 unspecified atom stereocenters. The van der Waals surface area contributed by atoms with E-state index < -0.39 is 0 Å². The van der Waals surface area contributed by atoms with Crippen molar-refractivity contribution in [1.29, 1.82) is 0 Å². The van der Waals surface area contributed by atoms with Gasteiger partial charge in [0.25, 0.3) is 5.56 Å².